The summed E-state index contributed by atoms with van der Waals surface area (Å²) >= 11 is 11.7. The van der Waals surface area contributed by atoms with E-state index in [-0.39, 0.29) is 0 Å². The van der Waals surface area contributed by atoms with Crippen LogP contribution >= 0.6 is 23.2 Å². The summed E-state index contributed by atoms with van der Waals surface area (Å²) < 4.78 is 0. The summed E-state index contributed by atoms with van der Waals surface area (Å²) in [7, 11) is 0. The molecular formula is C24H28Cl2N10O4. The van der Waals surface area contributed by atoms with Crippen LogP contribution in [0.15, 0.2) is 59.0 Å². The lowest BCUT2D eigenvalue weighted by Crippen LogP contribution is -2.35. The van der Waals surface area contributed by atoms with E-state index in [9.17, 15) is 20.2 Å². The van der Waals surface area contributed by atoms with E-state index in [4.69, 9.17) is 23.2 Å². The summed E-state index contributed by atoms with van der Waals surface area (Å²) in [6, 6.07) is 7.03. The Kier molecular flexibility index (Phi) is 10.0. The molecule has 0 saturated carbocycles. The van der Waals surface area contributed by atoms with Crippen LogP contribution in [0.25, 0.3) is 0 Å². The van der Waals surface area contributed by atoms with Gasteiger partial charge in [-0.2, -0.15) is 0 Å². The molecule has 0 aromatic carbocycles. The Morgan fingerprint density at radius 3 is 1.48 bits per heavy atom. The highest BCUT2D eigenvalue weighted by Crippen LogP contribution is 2.17. The lowest BCUT2D eigenvalue weighted by Gasteiger charge is -2.20. The predicted octanol–water partition coefficient (Wildman–Crippen LogP) is 3.15. The van der Waals surface area contributed by atoms with E-state index in [1.165, 1.54) is 0 Å². The zero-order valence-corrected chi connectivity index (χ0v) is 23.1. The SMILES string of the molecule is O=[N+]([O-])/N=C1/N(CC/C=C\CCN2CCN(Cc3ccc(Cl)nc3)/C2=N\[N+](=O)[O-])CCN1Cc1ccc(Cl)nc1. The van der Waals surface area contributed by atoms with Crippen LogP contribution in [-0.4, -0.2) is 90.8 Å². The van der Waals surface area contributed by atoms with E-state index < -0.39 is 10.1 Å². The van der Waals surface area contributed by atoms with Gasteiger partial charge in [0.05, 0.1) is 0 Å². The van der Waals surface area contributed by atoms with Crippen LogP contribution in [-0.2, 0) is 13.1 Å². The molecule has 0 aliphatic carbocycles. The van der Waals surface area contributed by atoms with Gasteiger partial charge in [0.15, 0.2) is 10.1 Å². The number of halogens is 2. The molecule has 2 aliphatic heterocycles. The highest BCUT2D eigenvalue weighted by Gasteiger charge is 2.30. The lowest BCUT2D eigenvalue weighted by atomic mass is 10.3. The Morgan fingerprint density at radius 1 is 0.725 bits per heavy atom. The second kappa shape index (κ2) is 13.8. The number of nitrogens with zero attached hydrogens (tertiary/aromatic N) is 10. The molecule has 2 aromatic rings. The number of guanidine groups is 2. The molecule has 2 saturated heterocycles. The van der Waals surface area contributed by atoms with Crippen molar-refractivity contribution < 1.29 is 10.1 Å². The van der Waals surface area contributed by atoms with Gasteiger partial charge >= 0.3 is 0 Å². The van der Waals surface area contributed by atoms with E-state index >= 15 is 0 Å². The van der Waals surface area contributed by atoms with Gasteiger partial charge in [0.25, 0.3) is 11.9 Å². The summed E-state index contributed by atoms with van der Waals surface area (Å²) in [5.41, 5.74) is 1.76. The summed E-state index contributed by atoms with van der Waals surface area (Å²) in [4.78, 5) is 38.0. The average molecular weight is 591 g/mol. The summed E-state index contributed by atoms with van der Waals surface area (Å²) in [6.07, 6.45) is 8.64. The monoisotopic (exact) mass is 590 g/mol. The van der Waals surface area contributed by atoms with Crippen LogP contribution in [0.3, 0.4) is 0 Å². The Hall–Kier alpha value is -4.04. The van der Waals surface area contributed by atoms with Gasteiger partial charge in [0.2, 0.25) is 0 Å². The van der Waals surface area contributed by atoms with Crippen molar-refractivity contribution in [1.29, 1.82) is 0 Å². The predicted molar refractivity (Wildman–Crippen MR) is 150 cm³/mol. The Morgan fingerprint density at radius 2 is 1.12 bits per heavy atom. The number of aromatic nitrogens is 2. The Balaban J connectivity index is 1.27. The van der Waals surface area contributed by atoms with Crippen LogP contribution in [0, 0.1) is 20.2 Å². The fourth-order valence-electron chi connectivity index (χ4n) is 4.54. The maximum Gasteiger partial charge on any atom is 0.274 e. The van der Waals surface area contributed by atoms with Crippen LogP contribution in [0.1, 0.15) is 24.0 Å². The Labute approximate surface area is 240 Å². The molecule has 40 heavy (non-hydrogen) atoms. The molecule has 0 radical (unpaired) electrons. The van der Waals surface area contributed by atoms with Crippen LogP contribution in [0.2, 0.25) is 10.3 Å². The molecule has 0 spiro atoms. The number of pyridine rings is 2. The first-order valence-electron chi connectivity index (χ1n) is 12.6. The highest BCUT2D eigenvalue weighted by molar-refractivity contribution is 6.29. The van der Waals surface area contributed by atoms with Gasteiger partial charge in [-0.1, -0.05) is 47.5 Å². The van der Waals surface area contributed by atoms with E-state index in [1.54, 1.807) is 24.5 Å². The summed E-state index contributed by atoms with van der Waals surface area (Å²) in [5.74, 6) is 0.643. The number of hydrogen-bond acceptors (Lipinski definition) is 6. The molecule has 0 N–H and O–H groups in total. The molecule has 14 nitrogen and oxygen atoms in total. The van der Waals surface area contributed by atoms with Gasteiger partial charge in [0.1, 0.15) is 20.5 Å². The molecule has 2 fully saturated rings. The average Bonchev–Trinajstić information content (AvgIpc) is 3.46. The van der Waals surface area contributed by atoms with E-state index in [2.05, 4.69) is 20.2 Å². The molecule has 2 aliphatic rings. The molecule has 0 unspecified atom stereocenters. The first kappa shape index (κ1) is 29.0. The second-order valence-corrected chi connectivity index (χ2v) is 9.89. The van der Waals surface area contributed by atoms with Crippen molar-refractivity contribution in [1.82, 2.24) is 29.6 Å². The van der Waals surface area contributed by atoms with Crippen molar-refractivity contribution in [3.8, 4) is 0 Å². The summed E-state index contributed by atoms with van der Waals surface area (Å²) in [5, 5.41) is 29.0. The van der Waals surface area contributed by atoms with Crippen molar-refractivity contribution in [3.63, 3.8) is 0 Å². The molecule has 2 aromatic heterocycles. The number of nitro groups is 2. The molecule has 4 heterocycles. The number of rotatable bonds is 12. The smallest absolute Gasteiger partial charge is 0.274 e. The molecule has 212 valence electrons. The van der Waals surface area contributed by atoms with E-state index in [1.807, 2.05) is 43.9 Å². The fourth-order valence-corrected chi connectivity index (χ4v) is 4.77. The van der Waals surface area contributed by atoms with Gasteiger partial charge in [-0.05, 0) is 36.1 Å². The molecule has 16 heteroatoms. The van der Waals surface area contributed by atoms with E-state index in [0.717, 1.165) is 11.1 Å². The minimum atomic E-state index is -0.677. The number of hydrazone groups is 2. The molecular weight excluding hydrogens is 563 g/mol. The third-order valence-electron chi connectivity index (χ3n) is 6.38. The first-order chi connectivity index (χ1) is 19.3. The maximum absolute atomic E-state index is 11.2. The van der Waals surface area contributed by atoms with Crippen molar-refractivity contribution in [2.75, 3.05) is 39.3 Å². The van der Waals surface area contributed by atoms with Gasteiger partial charge in [-0.25, -0.2) is 30.2 Å². The Bertz CT molecular complexity index is 1180. The molecule has 4 rings (SSSR count). The van der Waals surface area contributed by atoms with Crippen LogP contribution < -0.4 is 0 Å². The fraction of sp³-hybridized carbons (Fsp3) is 0.417. The first-order valence-corrected chi connectivity index (χ1v) is 13.4. The standard InChI is InChI=1S/C24H28Cl2N10O4/c25-21-7-5-19(15-27-21)17-33-13-11-31(23(33)29-35(37)38)9-3-1-2-4-10-32-12-14-34(24(32)30-36(39)40)18-20-6-8-22(26)28-16-20/h1-2,5-8,15-16H,3-4,9-14,17-18H2/b2-1-,29-23-,30-24-. The zero-order valence-electron chi connectivity index (χ0n) is 21.6. The van der Waals surface area contributed by atoms with Gasteiger partial charge in [0, 0.05) is 64.8 Å². The largest absolute Gasteiger partial charge is 0.335 e. The quantitative estimate of drug-likeness (QED) is 0.156. The minimum Gasteiger partial charge on any atom is -0.335 e. The topological polar surface area (TPSA) is 150 Å². The minimum absolute atomic E-state index is 0.321. The molecule has 0 bridgehead atoms. The third-order valence-corrected chi connectivity index (χ3v) is 6.82. The van der Waals surface area contributed by atoms with Crippen LogP contribution in [0.5, 0.6) is 0 Å². The maximum atomic E-state index is 11.2. The normalized spacial score (nSPS) is 17.6. The van der Waals surface area contributed by atoms with Crippen molar-refractivity contribution >= 4 is 35.1 Å². The molecule has 0 amide bonds. The van der Waals surface area contributed by atoms with Crippen molar-refractivity contribution in [2.45, 2.75) is 25.9 Å². The number of hydrogen-bond donors (Lipinski definition) is 0. The van der Waals surface area contributed by atoms with Gasteiger partial charge in [-0.15, -0.1) is 0 Å². The second-order valence-electron chi connectivity index (χ2n) is 9.12. The van der Waals surface area contributed by atoms with Gasteiger partial charge < -0.3 is 19.6 Å². The van der Waals surface area contributed by atoms with E-state index in [0.29, 0.717) is 87.4 Å². The lowest BCUT2D eigenvalue weighted by molar-refractivity contribution is -0.486. The molecule has 0 atom stereocenters. The van der Waals surface area contributed by atoms with Crippen molar-refractivity contribution in [3.05, 3.63) is 90.5 Å². The zero-order chi connectivity index (χ0) is 28.5. The van der Waals surface area contributed by atoms with Crippen LogP contribution in [0.4, 0.5) is 0 Å². The third kappa shape index (κ3) is 8.23. The highest BCUT2D eigenvalue weighted by atomic mass is 35.5. The van der Waals surface area contributed by atoms with Crippen molar-refractivity contribution in [2.24, 2.45) is 10.2 Å². The summed E-state index contributed by atoms with van der Waals surface area (Å²) in [6.45, 7) is 4.48. The van der Waals surface area contributed by atoms with Gasteiger partial charge in [-0.3, -0.25) is 0 Å².